The lowest BCUT2D eigenvalue weighted by atomic mass is 9.66. The molecule has 0 radical (unpaired) electrons. The first-order valence-corrected chi connectivity index (χ1v) is 7.07. The van der Waals surface area contributed by atoms with E-state index in [9.17, 15) is 13.6 Å². The van der Waals surface area contributed by atoms with Crippen molar-refractivity contribution in [2.75, 3.05) is 6.61 Å². The van der Waals surface area contributed by atoms with Gasteiger partial charge < -0.3 is 5.73 Å². The van der Waals surface area contributed by atoms with Crippen LogP contribution < -0.4 is 5.73 Å². The van der Waals surface area contributed by atoms with Crippen LogP contribution in [0.2, 0.25) is 0 Å². The molecule has 0 spiro atoms. The van der Waals surface area contributed by atoms with Crippen molar-refractivity contribution in [1.29, 1.82) is 0 Å². The Morgan fingerprint density at radius 2 is 1.95 bits per heavy atom. The van der Waals surface area contributed by atoms with E-state index in [1.807, 2.05) is 6.92 Å². The normalized spacial score (nSPS) is 32.1. The van der Waals surface area contributed by atoms with Crippen molar-refractivity contribution in [2.24, 2.45) is 11.1 Å². The number of hydroxylamine groups is 2. The summed E-state index contributed by atoms with van der Waals surface area (Å²) in [5, 5.41) is 1.28. The maximum absolute atomic E-state index is 13.4. The number of nitrogens with two attached hydrogens (primary N) is 1. The highest BCUT2D eigenvalue weighted by atomic mass is 19.1. The van der Waals surface area contributed by atoms with Gasteiger partial charge in [0.25, 0.3) is 5.91 Å². The highest BCUT2D eigenvalue weighted by molar-refractivity contribution is 5.83. The molecule has 1 aromatic carbocycles. The van der Waals surface area contributed by atoms with E-state index in [2.05, 4.69) is 0 Å². The van der Waals surface area contributed by atoms with Crippen LogP contribution in [-0.4, -0.2) is 23.6 Å². The van der Waals surface area contributed by atoms with Crippen LogP contribution in [0.25, 0.3) is 0 Å². The summed E-state index contributed by atoms with van der Waals surface area (Å²) in [5.74, 6) is -1.46. The molecule has 2 aliphatic rings. The Bertz CT molecular complexity index is 553. The molecule has 4 nitrogen and oxygen atoms in total. The number of halogens is 2. The molecule has 1 amide bonds. The Labute approximate surface area is 121 Å². The number of hydrogen-bond donors (Lipinski definition) is 1. The summed E-state index contributed by atoms with van der Waals surface area (Å²) in [4.78, 5) is 18.0. The van der Waals surface area contributed by atoms with Crippen molar-refractivity contribution in [3.8, 4) is 0 Å². The Morgan fingerprint density at radius 3 is 2.52 bits per heavy atom. The van der Waals surface area contributed by atoms with Gasteiger partial charge in [0.2, 0.25) is 0 Å². The average Bonchev–Trinajstić information content (AvgIpc) is 2.83. The van der Waals surface area contributed by atoms with Gasteiger partial charge in [0.15, 0.2) is 0 Å². The zero-order valence-electron chi connectivity index (χ0n) is 11.8. The second kappa shape index (κ2) is 5.03. The predicted molar refractivity (Wildman–Crippen MR) is 71.8 cm³/mol. The van der Waals surface area contributed by atoms with E-state index in [0.717, 1.165) is 6.07 Å². The highest BCUT2D eigenvalue weighted by Gasteiger charge is 2.49. The topological polar surface area (TPSA) is 55.6 Å². The van der Waals surface area contributed by atoms with Gasteiger partial charge in [-0.05, 0) is 30.5 Å². The number of carbonyl (C=O) groups excluding carboxylic acids is 1. The average molecular weight is 296 g/mol. The third-order valence-corrected chi connectivity index (χ3v) is 4.32. The second-order valence-electron chi connectivity index (χ2n) is 6.20. The van der Waals surface area contributed by atoms with Crippen molar-refractivity contribution in [2.45, 2.75) is 38.3 Å². The lowest BCUT2D eigenvalue weighted by molar-refractivity contribution is -0.193. The number of hydrogen-bond acceptors (Lipinski definition) is 3. The largest absolute Gasteiger partial charge is 0.328 e. The Balaban J connectivity index is 1.84. The van der Waals surface area contributed by atoms with Gasteiger partial charge in [0.05, 0.1) is 18.1 Å². The third-order valence-electron chi connectivity index (χ3n) is 4.32. The van der Waals surface area contributed by atoms with Gasteiger partial charge in [0.1, 0.15) is 11.6 Å². The van der Waals surface area contributed by atoms with Gasteiger partial charge >= 0.3 is 0 Å². The number of rotatable bonds is 2. The third kappa shape index (κ3) is 2.53. The van der Waals surface area contributed by atoms with Crippen LogP contribution in [0.5, 0.6) is 0 Å². The summed E-state index contributed by atoms with van der Waals surface area (Å²) in [6.45, 7) is 2.21. The van der Waals surface area contributed by atoms with Crippen LogP contribution in [0.4, 0.5) is 8.78 Å². The van der Waals surface area contributed by atoms with Crippen molar-refractivity contribution in [3.63, 3.8) is 0 Å². The minimum Gasteiger partial charge on any atom is -0.328 e. The molecule has 21 heavy (non-hydrogen) atoms. The maximum Gasteiger partial charge on any atom is 0.252 e. The van der Waals surface area contributed by atoms with Gasteiger partial charge in [-0.25, -0.2) is 13.8 Å². The lowest BCUT2D eigenvalue weighted by Gasteiger charge is -2.44. The van der Waals surface area contributed by atoms with Crippen molar-refractivity contribution in [1.82, 2.24) is 5.06 Å². The van der Waals surface area contributed by atoms with E-state index in [0.29, 0.717) is 31.4 Å². The molecule has 114 valence electrons. The SMILES string of the molecule is CC1(C(=O)N2OCC[C@H]2c2cc(F)cc(F)c2)CC(N)C1. The van der Waals surface area contributed by atoms with Crippen molar-refractivity contribution >= 4 is 5.91 Å². The first-order chi connectivity index (χ1) is 9.89. The van der Waals surface area contributed by atoms with E-state index in [1.54, 1.807) is 0 Å². The second-order valence-corrected chi connectivity index (χ2v) is 6.20. The van der Waals surface area contributed by atoms with Crippen LogP contribution >= 0.6 is 0 Å². The summed E-state index contributed by atoms with van der Waals surface area (Å²) in [6, 6.07) is 2.90. The van der Waals surface area contributed by atoms with E-state index in [-0.39, 0.29) is 11.9 Å². The lowest BCUT2D eigenvalue weighted by Crippen LogP contribution is -2.53. The monoisotopic (exact) mass is 296 g/mol. The molecule has 0 bridgehead atoms. The number of benzene rings is 1. The van der Waals surface area contributed by atoms with Gasteiger partial charge in [-0.2, -0.15) is 0 Å². The summed E-state index contributed by atoms with van der Waals surface area (Å²) in [7, 11) is 0. The van der Waals surface area contributed by atoms with E-state index < -0.39 is 23.1 Å². The molecule has 1 aliphatic heterocycles. The molecular weight excluding hydrogens is 278 g/mol. The molecular formula is C15H18F2N2O2. The Hall–Kier alpha value is -1.53. The smallest absolute Gasteiger partial charge is 0.252 e. The van der Waals surface area contributed by atoms with Crippen LogP contribution in [0.1, 0.15) is 37.8 Å². The molecule has 1 saturated heterocycles. The first-order valence-electron chi connectivity index (χ1n) is 7.07. The summed E-state index contributed by atoms with van der Waals surface area (Å²) in [6.07, 6.45) is 1.74. The molecule has 1 heterocycles. The molecule has 1 aromatic rings. The van der Waals surface area contributed by atoms with Gasteiger partial charge in [-0.1, -0.05) is 6.92 Å². The fourth-order valence-corrected chi connectivity index (χ4v) is 3.28. The van der Waals surface area contributed by atoms with Crippen LogP contribution in [-0.2, 0) is 9.63 Å². The van der Waals surface area contributed by atoms with Crippen LogP contribution in [0.3, 0.4) is 0 Å². The minimum atomic E-state index is -0.652. The fraction of sp³-hybridized carbons (Fsp3) is 0.533. The van der Waals surface area contributed by atoms with Crippen LogP contribution in [0, 0.1) is 17.0 Å². The minimum absolute atomic E-state index is 0.0339. The molecule has 6 heteroatoms. The predicted octanol–water partition coefficient (Wildman–Crippen LogP) is 2.30. The molecule has 1 atom stereocenters. The Kier molecular flexibility index (Phi) is 3.45. The van der Waals surface area contributed by atoms with Crippen LogP contribution in [0.15, 0.2) is 18.2 Å². The Morgan fingerprint density at radius 1 is 1.33 bits per heavy atom. The van der Waals surface area contributed by atoms with Gasteiger partial charge in [-0.3, -0.25) is 9.63 Å². The molecule has 2 fully saturated rings. The molecule has 0 aromatic heterocycles. The number of nitrogens with zero attached hydrogens (tertiary/aromatic N) is 1. The molecule has 3 rings (SSSR count). The first kappa shape index (κ1) is 14.4. The molecule has 1 saturated carbocycles. The quantitative estimate of drug-likeness (QED) is 0.911. The number of amides is 1. The maximum atomic E-state index is 13.4. The van der Waals surface area contributed by atoms with E-state index in [4.69, 9.17) is 10.6 Å². The highest BCUT2D eigenvalue weighted by Crippen LogP contribution is 2.44. The van der Waals surface area contributed by atoms with E-state index >= 15 is 0 Å². The zero-order chi connectivity index (χ0) is 15.2. The molecule has 1 aliphatic carbocycles. The van der Waals surface area contributed by atoms with E-state index in [1.165, 1.54) is 17.2 Å². The molecule has 0 unspecified atom stereocenters. The van der Waals surface area contributed by atoms with Crippen molar-refractivity contribution in [3.05, 3.63) is 35.4 Å². The standard InChI is InChI=1S/C15H18F2N2O2/c1-15(7-12(18)8-15)14(20)19-13(2-3-21-19)9-4-10(16)6-11(17)5-9/h4-6,12-13H,2-3,7-8,18H2,1H3/t12?,13-,15?/m0/s1. The van der Waals surface area contributed by atoms with Gasteiger partial charge in [0, 0.05) is 18.5 Å². The van der Waals surface area contributed by atoms with Gasteiger partial charge in [-0.15, -0.1) is 0 Å². The molecule has 2 N–H and O–H groups in total. The summed E-state index contributed by atoms with van der Waals surface area (Å²) in [5.41, 5.74) is 5.65. The van der Waals surface area contributed by atoms with Crippen molar-refractivity contribution < 1.29 is 18.4 Å². The summed E-state index contributed by atoms with van der Waals surface area (Å²) >= 11 is 0. The summed E-state index contributed by atoms with van der Waals surface area (Å²) < 4.78 is 26.7. The number of carbonyl (C=O) groups is 1. The zero-order valence-corrected chi connectivity index (χ0v) is 11.8. The fourth-order valence-electron chi connectivity index (χ4n) is 3.28.